The molecule has 1 atom stereocenters. The summed E-state index contributed by atoms with van der Waals surface area (Å²) >= 11 is 0. The van der Waals surface area contributed by atoms with E-state index in [9.17, 15) is 0 Å². The van der Waals surface area contributed by atoms with Crippen molar-refractivity contribution in [2.24, 2.45) is 5.73 Å². The van der Waals surface area contributed by atoms with Gasteiger partial charge < -0.3 is 15.5 Å². The first kappa shape index (κ1) is 18.9. The van der Waals surface area contributed by atoms with Gasteiger partial charge in [-0.25, -0.2) is 0 Å². The molecule has 1 aliphatic heterocycles. The lowest BCUT2D eigenvalue weighted by Gasteiger charge is -2.43. The molecule has 0 aromatic heterocycles. The molecule has 0 saturated carbocycles. The summed E-state index contributed by atoms with van der Waals surface area (Å²) in [6.45, 7) is 12.5. The second kappa shape index (κ2) is 9.78. The number of hydrogen-bond acceptors (Lipinski definition) is 4. The zero-order valence-electron chi connectivity index (χ0n) is 14.9. The maximum Gasteiger partial charge on any atom is 0.0344 e. The largest absolute Gasteiger partial charge is 0.329 e. The van der Waals surface area contributed by atoms with E-state index in [1.807, 2.05) is 0 Å². The summed E-state index contributed by atoms with van der Waals surface area (Å²) in [5.74, 6) is 0. The van der Waals surface area contributed by atoms with Gasteiger partial charge in [-0.3, -0.25) is 4.90 Å². The Bertz CT molecular complexity index is 270. The Hall–Kier alpha value is -0.160. The van der Waals surface area contributed by atoms with Gasteiger partial charge in [-0.2, -0.15) is 0 Å². The summed E-state index contributed by atoms with van der Waals surface area (Å²) in [4.78, 5) is 7.61. The van der Waals surface area contributed by atoms with Crippen molar-refractivity contribution in [3.05, 3.63) is 0 Å². The maximum absolute atomic E-state index is 6.29. The van der Waals surface area contributed by atoms with E-state index in [1.54, 1.807) is 0 Å². The SMILES string of the molecule is CCCN1CCCC(CN)(N(CCC)CCN(C)C)CC1. The van der Waals surface area contributed by atoms with Crippen molar-refractivity contribution < 1.29 is 0 Å². The van der Waals surface area contributed by atoms with Crippen molar-refractivity contribution in [3.63, 3.8) is 0 Å². The molecule has 1 saturated heterocycles. The van der Waals surface area contributed by atoms with Crippen LogP contribution in [0.3, 0.4) is 0 Å². The van der Waals surface area contributed by atoms with Crippen molar-refractivity contribution in [1.82, 2.24) is 14.7 Å². The first-order valence-electron chi connectivity index (χ1n) is 8.90. The van der Waals surface area contributed by atoms with Crippen LogP contribution >= 0.6 is 0 Å². The fourth-order valence-corrected chi connectivity index (χ4v) is 3.60. The Kier molecular flexibility index (Phi) is 8.79. The lowest BCUT2D eigenvalue weighted by molar-refractivity contribution is 0.0707. The van der Waals surface area contributed by atoms with Crippen LogP contribution in [0.2, 0.25) is 0 Å². The zero-order chi connectivity index (χ0) is 15.7. The van der Waals surface area contributed by atoms with Crippen LogP contribution in [0.1, 0.15) is 46.0 Å². The third-order valence-corrected chi connectivity index (χ3v) is 4.91. The summed E-state index contributed by atoms with van der Waals surface area (Å²) in [5.41, 5.74) is 6.52. The fraction of sp³-hybridized carbons (Fsp3) is 1.00. The van der Waals surface area contributed by atoms with E-state index in [2.05, 4.69) is 42.6 Å². The van der Waals surface area contributed by atoms with Gasteiger partial charge in [-0.1, -0.05) is 13.8 Å². The predicted octanol–water partition coefficient (Wildman–Crippen LogP) is 1.85. The van der Waals surface area contributed by atoms with Crippen LogP contribution in [0.15, 0.2) is 0 Å². The maximum atomic E-state index is 6.29. The summed E-state index contributed by atoms with van der Waals surface area (Å²) in [6.07, 6.45) is 6.26. The van der Waals surface area contributed by atoms with E-state index in [4.69, 9.17) is 5.73 Å². The first-order chi connectivity index (χ1) is 10.1. The molecule has 0 aromatic carbocycles. The molecule has 1 unspecified atom stereocenters. The summed E-state index contributed by atoms with van der Waals surface area (Å²) in [6, 6.07) is 0. The molecule has 0 bridgehead atoms. The molecule has 4 nitrogen and oxygen atoms in total. The average Bonchev–Trinajstić information content (AvgIpc) is 2.67. The van der Waals surface area contributed by atoms with Gasteiger partial charge in [0.15, 0.2) is 0 Å². The van der Waals surface area contributed by atoms with Gasteiger partial charge in [0.25, 0.3) is 0 Å². The van der Waals surface area contributed by atoms with E-state index >= 15 is 0 Å². The normalized spacial score (nSPS) is 24.7. The standard InChI is InChI=1S/C17H38N4/c1-5-10-20-12-7-8-17(16-18,9-13-20)21(11-6-2)15-14-19(3)4/h5-16,18H2,1-4H3. The van der Waals surface area contributed by atoms with Crippen LogP contribution in [-0.4, -0.2) is 80.1 Å². The Morgan fingerprint density at radius 1 is 1.00 bits per heavy atom. The minimum atomic E-state index is 0.231. The molecule has 21 heavy (non-hydrogen) atoms. The predicted molar refractivity (Wildman–Crippen MR) is 92.8 cm³/mol. The first-order valence-corrected chi connectivity index (χ1v) is 8.90. The molecule has 1 heterocycles. The van der Waals surface area contributed by atoms with Crippen LogP contribution < -0.4 is 5.73 Å². The molecular formula is C17H38N4. The molecular weight excluding hydrogens is 260 g/mol. The average molecular weight is 299 g/mol. The molecule has 2 N–H and O–H groups in total. The lowest BCUT2D eigenvalue weighted by Crippen LogP contribution is -2.56. The highest BCUT2D eigenvalue weighted by Crippen LogP contribution is 2.28. The molecule has 0 radical (unpaired) electrons. The van der Waals surface area contributed by atoms with Gasteiger partial charge >= 0.3 is 0 Å². The lowest BCUT2D eigenvalue weighted by atomic mass is 9.88. The summed E-state index contributed by atoms with van der Waals surface area (Å²) < 4.78 is 0. The van der Waals surface area contributed by atoms with Gasteiger partial charge in [0.2, 0.25) is 0 Å². The van der Waals surface area contributed by atoms with Crippen LogP contribution in [0, 0.1) is 0 Å². The monoisotopic (exact) mass is 298 g/mol. The quantitative estimate of drug-likeness (QED) is 0.705. The summed E-state index contributed by atoms with van der Waals surface area (Å²) in [5, 5.41) is 0. The Balaban J connectivity index is 2.73. The highest BCUT2D eigenvalue weighted by atomic mass is 15.2. The second-order valence-electron chi connectivity index (χ2n) is 6.91. The van der Waals surface area contributed by atoms with Crippen molar-refractivity contribution in [2.45, 2.75) is 51.5 Å². The molecule has 0 amide bonds. The molecule has 0 aromatic rings. The molecule has 4 heteroatoms. The van der Waals surface area contributed by atoms with E-state index in [-0.39, 0.29) is 5.54 Å². The van der Waals surface area contributed by atoms with Crippen molar-refractivity contribution in [1.29, 1.82) is 0 Å². The van der Waals surface area contributed by atoms with Gasteiger partial charge in [-0.15, -0.1) is 0 Å². The van der Waals surface area contributed by atoms with E-state index in [1.165, 1.54) is 58.3 Å². The number of hydrogen-bond donors (Lipinski definition) is 1. The third kappa shape index (κ3) is 5.85. The second-order valence-corrected chi connectivity index (χ2v) is 6.91. The Labute approximate surface area is 132 Å². The number of likely N-dealkylation sites (tertiary alicyclic amines) is 1. The number of nitrogens with two attached hydrogens (primary N) is 1. The van der Waals surface area contributed by atoms with Crippen LogP contribution in [0.4, 0.5) is 0 Å². The highest BCUT2D eigenvalue weighted by molar-refractivity contribution is 4.94. The van der Waals surface area contributed by atoms with Gasteiger partial charge in [0.1, 0.15) is 0 Å². The van der Waals surface area contributed by atoms with Gasteiger partial charge in [-0.05, 0) is 72.4 Å². The number of nitrogens with zero attached hydrogens (tertiary/aromatic N) is 3. The third-order valence-electron chi connectivity index (χ3n) is 4.91. The molecule has 1 aliphatic rings. The van der Waals surface area contributed by atoms with Crippen molar-refractivity contribution >= 4 is 0 Å². The summed E-state index contributed by atoms with van der Waals surface area (Å²) in [7, 11) is 4.32. The van der Waals surface area contributed by atoms with E-state index in [0.29, 0.717) is 0 Å². The fourth-order valence-electron chi connectivity index (χ4n) is 3.60. The molecule has 1 fully saturated rings. The van der Waals surface area contributed by atoms with Crippen molar-refractivity contribution in [3.8, 4) is 0 Å². The zero-order valence-corrected chi connectivity index (χ0v) is 14.9. The minimum Gasteiger partial charge on any atom is -0.329 e. The molecule has 126 valence electrons. The van der Waals surface area contributed by atoms with Crippen LogP contribution in [0.25, 0.3) is 0 Å². The van der Waals surface area contributed by atoms with Gasteiger partial charge in [0, 0.05) is 25.2 Å². The Morgan fingerprint density at radius 2 is 1.76 bits per heavy atom. The highest BCUT2D eigenvalue weighted by Gasteiger charge is 2.36. The van der Waals surface area contributed by atoms with E-state index < -0.39 is 0 Å². The number of rotatable bonds is 9. The van der Waals surface area contributed by atoms with Crippen molar-refractivity contribution in [2.75, 3.05) is 59.9 Å². The topological polar surface area (TPSA) is 35.7 Å². The molecule has 1 rings (SSSR count). The Morgan fingerprint density at radius 3 is 2.33 bits per heavy atom. The smallest absolute Gasteiger partial charge is 0.0344 e. The van der Waals surface area contributed by atoms with Gasteiger partial charge in [0.05, 0.1) is 0 Å². The van der Waals surface area contributed by atoms with Crippen LogP contribution in [-0.2, 0) is 0 Å². The van der Waals surface area contributed by atoms with Crippen LogP contribution in [0.5, 0.6) is 0 Å². The van der Waals surface area contributed by atoms with E-state index in [0.717, 1.165) is 19.6 Å². The molecule has 0 spiro atoms. The molecule has 0 aliphatic carbocycles. The minimum absolute atomic E-state index is 0.231. The number of likely N-dealkylation sites (N-methyl/N-ethyl adjacent to an activating group) is 1.